The van der Waals surface area contributed by atoms with E-state index < -0.39 is 10.7 Å². The molecule has 0 aliphatic heterocycles. The first-order chi connectivity index (χ1) is 8.68. The lowest BCUT2D eigenvalue weighted by molar-refractivity contribution is -0.384. The van der Waals surface area contributed by atoms with Crippen LogP contribution < -0.4 is 5.32 Å². The van der Waals surface area contributed by atoms with Gasteiger partial charge in [-0.3, -0.25) is 10.1 Å². The van der Waals surface area contributed by atoms with Crippen LogP contribution in [0.1, 0.15) is 19.3 Å². The highest BCUT2D eigenvalue weighted by Gasteiger charge is 2.19. The van der Waals surface area contributed by atoms with Gasteiger partial charge in [-0.15, -0.1) is 0 Å². The number of nitrogens with zero attached hydrogens (tertiary/aromatic N) is 1. The molecule has 2 rings (SSSR count). The summed E-state index contributed by atoms with van der Waals surface area (Å²) >= 11 is 0. The van der Waals surface area contributed by atoms with Gasteiger partial charge < -0.3 is 5.32 Å². The number of hydrogen-bond donors (Lipinski definition) is 1. The summed E-state index contributed by atoms with van der Waals surface area (Å²) in [5, 5.41) is 13.7. The number of halogens is 1. The summed E-state index contributed by atoms with van der Waals surface area (Å²) in [5.41, 5.74) is -0.210. The van der Waals surface area contributed by atoms with Gasteiger partial charge in [-0.25, -0.2) is 4.39 Å². The standard InChI is InChI=1S/C13H15FN2O2/c14-11-7-4-8-12(16(17)18)13(11)15-9-10-5-2-1-3-6-10/h1-2,4,7-8,10,15H,3,5-6,9H2. The van der Waals surface area contributed by atoms with Crippen LogP contribution in [0, 0.1) is 21.8 Å². The lowest BCUT2D eigenvalue weighted by Crippen LogP contribution is -2.16. The number of rotatable bonds is 4. The summed E-state index contributed by atoms with van der Waals surface area (Å²) in [4.78, 5) is 10.2. The molecule has 0 saturated heterocycles. The second-order valence-electron chi connectivity index (χ2n) is 4.42. The normalized spacial score (nSPS) is 18.6. The molecule has 4 nitrogen and oxygen atoms in total. The van der Waals surface area contributed by atoms with Gasteiger partial charge in [-0.2, -0.15) is 0 Å². The molecule has 1 N–H and O–H groups in total. The molecular formula is C13H15FN2O2. The number of allylic oxidation sites excluding steroid dienone is 2. The Kier molecular flexibility index (Phi) is 3.92. The van der Waals surface area contributed by atoms with E-state index in [1.165, 1.54) is 18.2 Å². The van der Waals surface area contributed by atoms with Crippen molar-refractivity contribution >= 4 is 11.4 Å². The third kappa shape index (κ3) is 2.85. The van der Waals surface area contributed by atoms with E-state index in [4.69, 9.17) is 0 Å². The molecule has 0 amide bonds. The van der Waals surface area contributed by atoms with Crippen molar-refractivity contribution < 1.29 is 9.31 Å². The van der Waals surface area contributed by atoms with Crippen molar-refractivity contribution in [3.63, 3.8) is 0 Å². The first-order valence-corrected chi connectivity index (χ1v) is 6.00. The van der Waals surface area contributed by atoms with E-state index >= 15 is 0 Å². The number of hydrogen-bond acceptors (Lipinski definition) is 3. The second-order valence-corrected chi connectivity index (χ2v) is 4.42. The first kappa shape index (κ1) is 12.5. The fraction of sp³-hybridized carbons (Fsp3) is 0.385. The molecule has 18 heavy (non-hydrogen) atoms. The number of benzene rings is 1. The number of nitrogens with one attached hydrogen (secondary N) is 1. The minimum absolute atomic E-state index is 0.00273. The van der Waals surface area contributed by atoms with Gasteiger partial charge in [0.2, 0.25) is 0 Å². The SMILES string of the molecule is O=[N+]([O-])c1cccc(F)c1NCC1CC=CCC1. The van der Waals surface area contributed by atoms with Gasteiger partial charge in [0.25, 0.3) is 5.69 Å². The molecule has 1 unspecified atom stereocenters. The van der Waals surface area contributed by atoms with Crippen molar-refractivity contribution in [2.24, 2.45) is 5.92 Å². The lowest BCUT2D eigenvalue weighted by Gasteiger charge is -2.18. The highest BCUT2D eigenvalue weighted by molar-refractivity contribution is 5.62. The fourth-order valence-corrected chi connectivity index (χ4v) is 2.13. The Balaban J connectivity index is 2.08. The molecule has 1 aliphatic rings. The van der Waals surface area contributed by atoms with Gasteiger partial charge in [-0.05, 0) is 31.2 Å². The van der Waals surface area contributed by atoms with E-state index in [1.54, 1.807) is 0 Å². The first-order valence-electron chi connectivity index (χ1n) is 6.00. The van der Waals surface area contributed by atoms with Crippen molar-refractivity contribution in [3.8, 4) is 0 Å². The van der Waals surface area contributed by atoms with Crippen LogP contribution in [0.5, 0.6) is 0 Å². The van der Waals surface area contributed by atoms with Crippen LogP contribution in [0.4, 0.5) is 15.8 Å². The van der Waals surface area contributed by atoms with E-state index in [0.29, 0.717) is 12.5 Å². The molecule has 0 heterocycles. The summed E-state index contributed by atoms with van der Waals surface area (Å²) in [7, 11) is 0. The summed E-state index contributed by atoms with van der Waals surface area (Å²) in [6.07, 6.45) is 7.22. The Morgan fingerprint density at radius 3 is 2.94 bits per heavy atom. The zero-order valence-corrected chi connectivity index (χ0v) is 9.93. The van der Waals surface area contributed by atoms with Gasteiger partial charge in [0, 0.05) is 12.6 Å². The van der Waals surface area contributed by atoms with Crippen LogP contribution >= 0.6 is 0 Å². The molecule has 0 bridgehead atoms. The molecule has 1 aromatic carbocycles. The Bertz CT molecular complexity index is 474. The van der Waals surface area contributed by atoms with Crippen LogP contribution in [0.3, 0.4) is 0 Å². The highest BCUT2D eigenvalue weighted by Crippen LogP contribution is 2.28. The maximum absolute atomic E-state index is 13.6. The Morgan fingerprint density at radius 1 is 1.44 bits per heavy atom. The maximum Gasteiger partial charge on any atom is 0.295 e. The van der Waals surface area contributed by atoms with E-state index in [1.807, 2.05) is 0 Å². The third-order valence-corrected chi connectivity index (χ3v) is 3.13. The Labute approximate surface area is 105 Å². The summed E-state index contributed by atoms with van der Waals surface area (Å²) in [5.74, 6) is -0.162. The van der Waals surface area contributed by atoms with E-state index in [0.717, 1.165) is 19.3 Å². The van der Waals surface area contributed by atoms with Crippen LogP contribution in [0.15, 0.2) is 30.4 Å². The highest BCUT2D eigenvalue weighted by atomic mass is 19.1. The maximum atomic E-state index is 13.6. The Hall–Kier alpha value is -1.91. The zero-order valence-electron chi connectivity index (χ0n) is 9.93. The smallest absolute Gasteiger partial charge is 0.295 e. The van der Waals surface area contributed by atoms with E-state index in [9.17, 15) is 14.5 Å². The number of para-hydroxylation sites is 1. The van der Waals surface area contributed by atoms with Crippen molar-refractivity contribution in [1.29, 1.82) is 0 Å². The van der Waals surface area contributed by atoms with Crippen LogP contribution in [0.2, 0.25) is 0 Å². The van der Waals surface area contributed by atoms with Crippen molar-refractivity contribution in [3.05, 3.63) is 46.3 Å². The quantitative estimate of drug-likeness (QED) is 0.505. The van der Waals surface area contributed by atoms with Crippen molar-refractivity contribution in [1.82, 2.24) is 0 Å². The van der Waals surface area contributed by atoms with Crippen LogP contribution in [-0.2, 0) is 0 Å². The minimum Gasteiger partial charge on any atom is -0.377 e. The molecule has 0 aromatic heterocycles. The zero-order chi connectivity index (χ0) is 13.0. The Morgan fingerprint density at radius 2 is 2.28 bits per heavy atom. The summed E-state index contributed by atoms with van der Waals surface area (Å²) in [6, 6.07) is 3.89. The molecule has 96 valence electrons. The molecule has 0 radical (unpaired) electrons. The van der Waals surface area contributed by atoms with Gasteiger partial charge in [0.1, 0.15) is 5.69 Å². The molecule has 0 spiro atoms. The largest absolute Gasteiger partial charge is 0.377 e. The van der Waals surface area contributed by atoms with Crippen molar-refractivity contribution in [2.45, 2.75) is 19.3 Å². The third-order valence-electron chi connectivity index (χ3n) is 3.13. The van der Waals surface area contributed by atoms with Gasteiger partial charge in [-0.1, -0.05) is 18.2 Å². The predicted molar refractivity (Wildman–Crippen MR) is 68.0 cm³/mol. The van der Waals surface area contributed by atoms with Crippen molar-refractivity contribution in [2.75, 3.05) is 11.9 Å². The van der Waals surface area contributed by atoms with Gasteiger partial charge in [0.15, 0.2) is 5.82 Å². The fourth-order valence-electron chi connectivity index (χ4n) is 2.13. The molecule has 1 aromatic rings. The number of anilines is 1. The number of nitro benzene ring substituents is 1. The van der Waals surface area contributed by atoms with Gasteiger partial charge in [0.05, 0.1) is 4.92 Å². The van der Waals surface area contributed by atoms with Crippen LogP contribution in [-0.4, -0.2) is 11.5 Å². The number of nitro groups is 1. The lowest BCUT2D eigenvalue weighted by atomic mass is 9.94. The minimum atomic E-state index is -0.574. The summed E-state index contributed by atoms with van der Waals surface area (Å²) in [6.45, 7) is 0.562. The topological polar surface area (TPSA) is 55.2 Å². The molecule has 5 heteroatoms. The molecule has 1 aliphatic carbocycles. The summed E-state index contributed by atoms with van der Waals surface area (Å²) < 4.78 is 13.6. The van der Waals surface area contributed by atoms with Gasteiger partial charge >= 0.3 is 0 Å². The second kappa shape index (κ2) is 5.62. The molecule has 0 fully saturated rings. The van der Waals surface area contributed by atoms with E-state index in [2.05, 4.69) is 17.5 Å². The average molecular weight is 250 g/mol. The van der Waals surface area contributed by atoms with E-state index in [-0.39, 0.29) is 11.4 Å². The molecule has 0 saturated carbocycles. The molecule has 1 atom stereocenters. The predicted octanol–water partition coefficient (Wildman–Crippen LogP) is 3.50. The molecular weight excluding hydrogens is 235 g/mol. The van der Waals surface area contributed by atoms with Crippen LogP contribution in [0.25, 0.3) is 0 Å². The monoisotopic (exact) mass is 250 g/mol. The average Bonchev–Trinajstić information content (AvgIpc) is 2.38.